The van der Waals surface area contributed by atoms with Crippen molar-refractivity contribution in [3.8, 4) is 11.5 Å². The molecule has 1 fully saturated rings. The zero-order chi connectivity index (χ0) is 22.6. The first-order chi connectivity index (χ1) is 15.7. The highest BCUT2D eigenvalue weighted by Gasteiger charge is 2.15. The predicted octanol–water partition coefficient (Wildman–Crippen LogP) is 3.74. The van der Waals surface area contributed by atoms with Crippen LogP contribution in [0.3, 0.4) is 0 Å². The molecule has 0 spiro atoms. The van der Waals surface area contributed by atoms with Crippen molar-refractivity contribution in [2.45, 2.75) is 58.1 Å². The van der Waals surface area contributed by atoms with Crippen LogP contribution >= 0.6 is 0 Å². The number of benzene rings is 1. The van der Waals surface area contributed by atoms with Gasteiger partial charge >= 0.3 is 0 Å². The summed E-state index contributed by atoms with van der Waals surface area (Å²) in [7, 11) is 1.64. The van der Waals surface area contributed by atoms with Crippen LogP contribution in [0.5, 0.6) is 11.5 Å². The number of methoxy groups -OCH3 is 1. The number of aliphatic hydroxyl groups excluding tert-OH is 1. The molecule has 1 atom stereocenters. The molecular weight excluding hydrogens is 402 g/mol. The first kappa shape index (κ1) is 24.5. The maximum absolute atomic E-state index is 10.5. The number of ether oxygens (including phenoxy) is 2. The molecule has 6 nitrogen and oxygen atoms in total. The van der Waals surface area contributed by atoms with Crippen LogP contribution in [0.4, 0.5) is 0 Å². The average molecular weight is 442 g/mol. The molecule has 6 heteroatoms. The van der Waals surface area contributed by atoms with Gasteiger partial charge < -0.3 is 24.8 Å². The van der Waals surface area contributed by atoms with E-state index in [1.807, 2.05) is 30.5 Å². The van der Waals surface area contributed by atoms with E-state index in [9.17, 15) is 5.11 Å². The lowest BCUT2D eigenvalue weighted by molar-refractivity contribution is 0.0644. The average Bonchev–Trinajstić information content (AvgIpc) is 2.78. The van der Waals surface area contributed by atoms with Gasteiger partial charge in [0.1, 0.15) is 12.7 Å². The Kier molecular flexibility index (Phi) is 10.3. The monoisotopic (exact) mass is 441 g/mol. The second kappa shape index (κ2) is 13.4. The fraction of sp³-hybridized carbons (Fsp3) is 0.577. The van der Waals surface area contributed by atoms with Crippen LogP contribution in [0.15, 0.2) is 36.5 Å². The molecule has 176 valence electrons. The van der Waals surface area contributed by atoms with Gasteiger partial charge in [0.2, 0.25) is 0 Å². The van der Waals surface area contributed by atoms with Gasteiger partial charge in [0, 0.05) is 37.9 Å². The molecule has 1 aromatic heterocycles. The van der Waals surface area contributed by atoms with Crippen LogP contribution in [0.1, 0.15) is 48.9 Å². The van der Waals surface area contributed by atoms with Crippen LogP contribution in [0, 0.1) is 6.92 Å². The lowest BCUT2D eigenvalue weighted by atomic mass is 10.1. The molecular formula is C26H39N3O3. The van der Waals surface area contributed by atoms with E-state index in [0.717, 1.165) is 43.9 Å². The van der Waals surface area contributed by atoms with Gasteiger partial charge in [0.25, 0.3) is 0 Å². The van der Waals surface area contributed by atoms with Gasteiger partial charge in [-0.15, -0.1) is 0 Å². The molecule has 0 bridgehead atoms. The molecule has 3 rings (SSSR count). The fourth-order valence-electron chi connectivity index (χ4n) is 4.20. The molecule has 0 radical (unpaired) electrons. The number of nitrogens with one attached hydrogen (secondary N) is 1. The topological polar surface area (TPSA) is 66.8 Å². The Morgan fingerprint density at radius 2 is 1.88 bits per heavy atom. The standard InChI is InChI=1S/C26H39N3O3/c1-21-9-8-13-28-24(21)12-14-27-18-22-10-11-25(31-2)26(17-22)32-20-23(30)19-29-15-6-4-3-5-7-16-29/h8-11,13,17,23,27,30H,3-7,12,14-16,18-20H2,1-2H3/t23-/m1/s1. The van der Waals surface area contributed by atoms with E-state index >= 15 is 0 Å². The molecule has 0 aliphatic carbocycles. The van der Waals surface area contributed by atoms with Gasteiger partial charge in [-0.2, -0.15) is 0 Å². The molecule has 2 heterocycles. The molecule has 2 aromatic rings. The molecule has 2 N–H and O–H groups in total. The van der Waals surface area contributed by atoms with Crippen molar-refractivity contribution in [3.63, 3.8) is 0 Å². The smallest absolute Gasteiger partial charge is 0.161 e. The Hall–Kier alpha value is -2.15. The van der Waals surface area contributed by atoms with Crippen LogP contribution in [-0.2, 0) is 13.0 Å². The fourth-order valence-corrected chi connectivity index (χ4v) is 4.20. The third-order valence-corrected chi connectivity index (χ3v) is 6.06. The third-order valence-electron chi connectivity index (χ3n) is 6.06. The minimum absolute atomic E-state index is 0.267. The van der Waals surface area contributed by atoms with Gasteiger partial charge in [-0.05, 0) is 62.2 Å². The van der Waals surface area contributed by atoms with Gasteiger partial charge in [-0.25, -0.2) is 0 Å². The van der Waals surface area contributed by atoms with Crippen molar-refractivity contribution in [3.05, 3.63) is 53.3 Å². The number of nitrogens with zero attached hydrogens (tertiary/aromatic N) is 2. The number of rotatable bonds is 11. The van der Waals surface area contributed by atoms with Crippen LogP contribution in [0.2, 0.25) is 0 Å². The van der Waals surface area contributed by atoms with E-state index in [4.69, 9.17) is 9.47 Å². The van der Waals surface area contributed by atoms with Crippen LogP contribution < -0.4 is 14.8 Å². The largest absolute Gasteiger partial charge is 0.493 e. The molecule has 0 amide bonds. The van der Waals surface area contributed by atoms with Gasteiger partial charge in [0.15, 0.2) is 11.5 Å². The van der Waals surface area contributed by atoms with E-state index in [-0.39, 0.29) is 6.61 Å². The van der Waals surface area contributed by atoms with Crippen molar-refractivity contribution in [1.82, 2.24) is 15.2 Å². The van der Waals surface area contributed by atoms with E-state index in [2.05, 4.69) is 28.2 Å². The van der Waals surface area contributed by atoms with Crippen molar-refractivity contribution >= 4 is 0 Å². The number of hydrogen-bond acceptors (Lipinski definition) is 6. The summed E-state index contributed by atoms with van der Waals surface area (Å²) in [5.74, 6) is 1.37. The Morgan fingerprint density at radius 1 is 1.09 bits per heavy atom. The summed E-state index contributed by atoms with van der Waals surface area (Å²) in [6, 6.07) is 10.0. The Morgan fingerprint density at radius 3 is 2.62 bits per heavy atom. The van der Waals surface area contributed by atoms with Crippen molar-refractivity contribution < 1.29 is 14.6 Å². The Balaban J connectivity index is 1.46. The molecule has 0 unspecified atom stereocenters. The second-order valence-corrected chi connectivity index (χ2v) is 8.71. The van der Waals surface area contributed by atoms with E-state index < -0.39 is 6.10 Å². The number of aliphatic hydroxyl groups is 1. The third kappa shape index (κ3) is 8.08. The molecule has 32 heavy (non-hydrogen) atoms. The summed E-state index contributed by atoms with van der Waals surface area (Å²) in [5, 5.41) is 14.0. The summed E-state index contributed by atoms with van der Waals surface area (Å²) >= 11 is 0. The van der Waals surface area contributed by atoms with Gasteiger partial charge in [-0.1, -0.05) is 31.4 Å². The van der Waals surface area contributed by atoms with E-state index in [0.29, 0.717) is 18.0 Å². The highest BCUT2D eigenvalue weighted by molar-refractivity contribution is 5.43. The van der Waals surface area contributed by atoms with E-state index in [1.165, 1.54) is 37.7 Å². The number of β-amino-alcohol motifs (C(OH)–C–C–N with tert-alkyl or cyclic N) is 1. The summed E-state index contributed by atoms with van der Waals surface area (Å²) in [5.41, 5.74) is 3.48. The van der Waals surface area contributed by atoms with Crippen LogP contribution in [0.25, 0.3) is 0 Å². The number of pyridine rings is 1. The maximum atomic E-state index is 10.5. The number of hydrogen-bond donors (Lipinski definition) is 2. The number of likely N-dealkylation sites (tertiary alicyclic amines) is 1. The maximum Gasteiger partial charge on any atom is 0.161 e. The lowest BCUT2D eigenvalue weighted by Crippen LogP contribution is -2.37. The van der Waals surface area contributed by atoms with Gasteiger partial charge in [-0.3, -0.25) is 4.98 Å². The number of aromatic nitrogens is 1. The normalized spacial score (nSPS) is 16.2. The molecule has 1 aliphatic heterocycles. The highest BCUT2D eigenvalue weighted by Crippen LogP contribution is 2.28. The van der Waals surface area contributed by atoms with Gasteiger partial charge in [0.05, 0.1) is 7.11 Å². The first-order valence-corrected chi connectivity index (χ1v) is 12.0. The minimum atomic E-state index is -0.512. The predicted molar refractivity (Wildman–Crippen MR) is 128 cm³/mol. The summed E-state index contributed by atoms with van der Waals surface area (Å²) in [6.07, 6.45) is 8.60. The summed E-state index contributed by atoms with van der Waals surface area (Å²) < 4.78 is 11.4. The zero-order valence-corrected chi connectivity index (χ0v) is 19.7. The molecule has 1 aliphatic rings. The molecule has 0 saturated carbocycles. The van der Waals surface area contributed by atoms with Crippen molar-refractivity contribution in [2.24, 2.45) is 0 Å². The lowest BCUT2D eigenvalue weighted by Gasteiger charge is -2.26. The number of aryl methyl sites for hydroxylation is 1. The van der Waals surface area contributed by atoms with Crippen LogP contribution in [-0.4, -0.2) is 61.0 Å². The zero-order valence-electron chi connectivity index (χ0n) is 19.7. The molecule has 1 saturated heterocycles. The summed E-state index contributed by atoms with van der Waals surface area (Å²) in [6.45, 7) is 6.76. The minimum Gasteiger partial charge on any atom is -0.493 e. The van der Waals surface area contributed by atoms with Crippen molar-refractivity contribution in [1.29, 1.82) is 0 Å². The van der Waals surface area contributed by atoms with Crippen molar-refractivity contribution in [2.75, 3.05) is 39.9 Å². The molecule has 1 aromatic carbocycles. The highest BCUT2D eigenvalue weighted by atomic mass is 16.5. The first-order valence-electron chi connectivity index (χ1n) is 12.0. The summed E-state index contributed by atoms with van der Waals surface area (Å²) in [4.78, 5) is 6.82. The quantitative estimate of drug-likeness (QED) is 0.518. The Labute approximate surface area is 193 Å². The van der Waals surface area contributed by atoms with E-state index in [1.54, 1.807) is 7.11 Å². The Bertz CT molecular complexity index is 807. The SMILES string of the molecule is COc1ccc(CNCCc2ncccc2C)cc1OC[C@H](O)CN1CCCCCCC1. The second-order valence-electron chi connectivity index (χ2n) is 8.71.